The maximum Gasteiger partial charge on any atom is 0.410 e. The Morgan fingerprint density at radius 3 is 2.38 bits per heavy atom. The van der Waals surface area contributed by atoms with E-state index in [9.17, 15) is 14.0 Å². The van der Waals surface area contributed by atoms with Gasteiger partial charge in [-0.3, -0.25) is 4.79 Å². The lowest BCUT2D eigenvalue weighted by atomic mass is 9.71. The highest BCUT2D eigenvalue weighted by atomic mass is 19.1. The lowest BCUT2D eigenvalue weighted by molar-refractivity contribution is -0.117. The van der Waals surface area contributed by atoms with E-state index in [-0.39, 0.29) is 24.0 Å². The summed E-state index contributed by atoms with van der Waals surface area (Å²) in [5.41, 5.74) is 10.6. The Kier molecular flexibility index (Phi) is 7.27. The standard InChI is InChI=1S/C32H35FN4O3/c33-25-18-32(34,19-25)24-10-8-23(9-11-24)28-20-35-29(17-27(28)22-4-2-1-3-5-22)36-30(38)16-21-6-12-26(13-7-21)37-14-15-40-31(37)39/h1-5,8-11,17,20-21,25-26H,6-7,12-16,18-19,34H2,(H,35,36,38)/t21-,25-,26-,32-. The molecule has 6 rings (SSSR count). The molecule has 7 nitrogen and oxygen atoms in total. The number of anilines is 1. The number of hydrogen-bond acceptors (Lipinski definition) is 5. The molecule has 3 fully saturated rings. The Morgan fingerprint density at radius 2 is 1.73 bits per heavy atom. The predicted octanol–water partition coefficient (Wildman–Crippen LogP) is 6.04. The number of nitrogens with zero attached hydrogens (tertiary/aromatic N) is 2. The van der Waals surface area contributed by atoms with E-state index in [2.05, 4.69) is 10.3 Å². The number of aromatic nitrogens is 1. The number of alkyl halides is 1. The summed E-state index contributed by atoms with van der Waals surface area (Å²) in [4.78, 5) is 31.3. The molecular formula is C32H35FN4O3. The van der Waals surface area contributed by atoms with Crippen molar-refractivity contribution in [1.29, 1.82) is 0 Å². The quantitative estimate of drug-likeness (QED) is 0.379. The first-order valence-electron chi connectivity index (χ1n) is 14.2. The second kappa shape index (κ2) is 11.0. The highest BCUT2D eigenvalue weighted by molar-refractivity contribution is 5.92. The average Bonchev–Trinajstić information content (AvgIpc) is 3.39. The van der Waals surface area contributed by atoms with Crippen LogP contribution in [-0.4, -0.2) is 47.2 Å². The number of carbonyl (C=O) groups is 2. The van der Waals surface area contributed by atoms with Crippen molar-refractivity contribution in [2.75, 3.05) is 18.5 Å². The number of hydrogen-bond donors (Lipinski definition) is 2. The van der Waals surface area contributed by atoms with Gasteiger partial charge in [-0.25, -0.2) is 14.2 Å². The molecule has 3 aliphatic rings. The zero-order valence-corrected chi connectivity index (χ0v) is 22.5. The third-order valence-electron chi connectivity index (χ3n) is 8.72. The summed E-state index contributed by atoms with van der Waals surface area (Å²) >= 11 is 0. The summed E-state index contributed by atoms with van der Waals surface area (Å²) in [6.07, 6.45) is 5.52. The van der Waals surface area contributed by atoms with Gasteiger partial charge < -0.3 is 20.7 Å². The van der Waals surface area contributed by atoms with Crippen molar-refractivity contribution in [2.24, 2.45) is 11.7 Å². The molecule has 2 heterocycles. The van der Waals surface area contributed by atoms with Crippen LogP contribution >= 0.6 is 0 Å². The summed E-state index contributed by atoms with van der Waals surface area (Å²) in [7, 11) is 0. The lowest BCUT2D eigenvalue weighted by Crippen LogP contribution is -2.50. The first-order valence-corrected chi connectivity index (χ1v) is 14.2. The number of amides is 2. The van der Waals surface area contributed by atoms with Crippen molar-refractivity contribution >= 4 is 17.8 Å². The van der Waals surface area contributed by atoms with Crippen LogP contribution in [0.4, 0.5) is 15.0 Å². The van der Waals surface area contributed by atoms with Crippen molar-refractivity contribution in [1.82, 2.24) is 9.88 Å². The van der Waals surface area contributed by atoms with E-state index in [0.717, 1.165) is 53.5 Å². The predicted molar refractivity (Wildman–Crippen MR) is 152 cm³/mol. The normalized spacial score (nSPS) is 26.2. The van der Waals surface area contributed by atoms with Crippen molar-refractivity contribution < 1.29 is 18.7 Å². The van der Waals surface area contributed by atoms with E-state index < -0.39 is 11.7 Å². The van der Waals surface area contributed by atoms with Crippen molar-refractivity contribution in [2.45, 2.75) is 62.7 Å². The molecule has 2 saturated carbocycles. The molecular weight excluding hydrogens is 507 g/mol. The number of cyclic esters (lactones) is 1. The fourth-order valence-corrected chi connectivity index (χ4v) is 6.41. The number of rotatable bonds is 7. The van der Waals surface area contributed by atoms with Crippen molar-refractivity contribution in [3.05, 3.63) is 72.4 Å². The average molecular weight is 543 g/mol. The second-order valence-electron chi connectivity index (χ2n) is 11.5. The second-order valence-corrected chi connectivity index (χ2v) is 11.5. The summed E-state index contributed by atoms with van der Waals surface area (Å²) < 4.78 is 18.6. The molecule has 1 aromatic heterocycles. The van der Waals surface area contributed by atoms with Crippen LogP contribution in [-0.2, 0) is 15.1 Å². The highest BCUT2D eigenvalue weighted by Gasteiger charge is 2.42. The van der Waals surface area contributed by atoms with Crippen LogP contribution in [0, 0.1) is 5.92 Å². The fourth-order valence-electron chi connectivity index (χ4n) is 6.41. The molecule has 40 heavy (non-hydrogen) atoms. The Bertz CT molecular complexity index is 1370. The first kappa shape index (κ1) is 26.4. The zero-order valence-electron chi connectivity index (χ0n) is 22.5. The molecule has 2 amide bonds. The fraction of sp³-hybridized carbons (Fsp3) is 0.406. The van der Waals surface area contributed by atoms with E-state index in [0.29, 0.717) is 38.2 Å². The zero-order chi connectivity index (χ0) is 27.7. The molecule has 1 saturated heterocycles. The van der Waals surface area contributed by atoms with E-state index >= 15 is 0 Å². The highest BCUT2D eigenvalue weighted by Crippen LogP contribution is 2.42. The van der Waals surface area contributed by atoms with Gasteiger partial charge in [-0.2, -0.15) is 0 Å². The minimum atomic E-state index is -0.827. The number of nitrogens with one attached hydrogen (secondary N) is 1. The molecule has 0 radical (unpaired) electrons. The van der Waals surface area contributed by atoms with Gasteiger partial charge in [-0.05, 0) is 59.9 Å². The van der Waals surface area contributed by atoms with Gasteiger partial charge >= 0.3 is 6.09 Å². The van der Waals surface area contributed by atoms with Gasteiger partial charge in [-0.15, -0.1) is 0 Å². The number of benzene rings is 2. The first-order chi connectivity index (χ1) is 19.4. The van der Waals surface area contributed by atoms with Crippen LogP contribution in [0.1, 0.15) is 50.5 Å². The summed E-state index contributed by atoms with van der Waals surface area (Å²) in [6.45, 7) is 1.13. The molecule has 3 N–H and O–H groups in total. The van der Waals surface area contributed by atoms with Crippen molar-refractivity contribution in [3.63, 3.8) is 0 Å². The topological polar surface area (TPSA) is 97.5 Å². The smallest absolute Gasteiger partial charge is 0.410 e. The maximum absolute atomic E-state index is 13.5. The van der Waals surface area contributed by atoms with Gasteiger partial charge in [0.15, 0.2) is 0 Å². The summed E-state index contributed by atoms with van der Waals surface area (Å²) in [5, 5.41) is 3.01. The van der Waals surface area contributed by atoms with Crippen LogP contribution in [0.25, 0.3) is 22.3 Å². The van der Waals surface area contributed by atoms with Crippen LogP contribution in [0.15, 0.2) is 66.9 Å². The van der Waals surface area contributed by atoms with E-state index in [1.54, 1.807) is 6.20 Å². The number of halogens is 1. The lowest BCUT2D eigenvalue weighted by Gasteiger charge is -2.41. The molecule has 0 atom stereocenters. The number of pyridine rings is 1. The SMILES string of the molecule is N[C@]1(c2ccc(-c3cnc(NC(=O)C[C@H]4CC[C@H](N5CCOC5=O)CC4)cc3-c3ccccc3)cc2)C[C@@H](F)C1. The van der Waals surface area contributed by atoms with E-state index in [1.807, 2.05) is 65.6 Å². The monoisotopic (exact) mass is 542 g/mol. The van der Waals surface area contributed by atoms with Gasteiger partial charge in [-0.1, -0.05) is 54.6 Å². The minimum absolute atomic E-state index is 0.0486. The van der Waals surface area contributed by atoms with Crippen LogP contribution in [0.5, 0.6) is 0 Å². The van der Waals surface area contributed by atoms with Gasteiger partial charge in [0.05, 0.1) is 6.54 Å². The van der Waals surface area contributed by atoms with Crippen LogP contribution < -0.4 is 11.1 Å². The number of nitrogens with two attached hydrogens (primary N) is 1. The van der Waals surface area contributed by atoms with Gasteiger partial charge in [0.2, 0.25) is 5.91 Å². The largest absolute Gasteiger partial charge is 0.448 e. The molecule has 8 heteroatoms. The van der Waals surface area contributed by atoms with E-state index in [1.165, 1.54) is 0 Å². The Morgan fingerprint density at radius 1 is 1.02 bits per heavy atom. The van der Waals surface area contributed by atoms with Gasteiger partial charge in [0.25, 0.3) is 0 Å². The molecule has 208 valence electrons. The van der Waals surface area contributed by atoms with Crippen molar-refractivity contribution in [3.8, 4) is 22.3 Å². The summed E-state index contributed by atoms with van der Waals surface area (Å²) in [6, 6.07) is 20.1. The molecule has 0 unspecified atom stereocenters. The van der Waals surface area contributed by atoms with E-state index in [4.69, 9.17) is 10.5 Å². The summed E-state index contributed by atoms with van der Waals surface area (Å²) in [5.74, 6) is 0.755. The Balaban J connectivity index is 1.15. The van der Waals surface area contributed by atoms with Crippen LogP contribution in [0.3, 0.4) is 0 Å². The molecule has 2 aliphatic carbocycles. The molecule has 0 spiro atoms. The molecule has 0 bridgehead atoms. The third kappa shape index (κ3) is 5.45. The Labute approximate surface area is 233 Å². The third-order valence-corrected chi connectivity index (χ3v) is 8.72. The molecule has 1 aliphatic heterocycles. The van der Waals surface area contributed by atoms with Crippen LogP contribution in [0.2, 0.25) is 0 Å². The maximum atomic E-state index is 13.5. The number of carbonyl (C=O) groups excluding carboxylic acids is 2. The Hall–Kier alpha value is -3.78. The van der Waals surface area contributed by atoms with Gasteiger partial charge in [0, 0.05) is 42.6 Å². The number of ether oxygens (including phenoxy) is 1. The van der Waals surface area contributed by atoms with Gasteiger partial charge in [0.1, 0.15) is 18.6 Å². The molecule has 2 aromatic carbocycles. The molecule has 3 aromatic rings. The minimum Gasteiger partial charge on any atom is -0.448 e.